The summed E-state index contributed by atoms with van der Waals surface area (Å²) in [5.41, 5.74) is 8.59. The summed E-state index contributed by atoms with van der Waals surface area (Å²) in [4.78, 5) is 29.2. The molecule has 0 amide bonds. The van der Waals surface area contributed by atoms with Gasteiger partial charge >= 0.3 is 11.9 Å². The smallest absolute Gasteiger partial charge is 0.377 e. The lowest BCUT2D eigenvalue weighted by molar-refractivity contribution is -0.142. The van der Waals surface area contributed by atoms with Gasteiger partial charge in [0.05, 0.1) is 26.2 Å². The van der Waals surface area contributed by atoms with E-state index in [4.69, 9.17) is 19.7 Å². The fourth-order valence-electron chi connectivity index (χ4n) is 3.40. The highest BCUT2D eigenvalue weighted by atomic mass is 28.4. The Hall–Kier alpha value is -3.43. The number of nitrogens with zero attached hydrogens (tertiary/aromatic N) is 1. The normalized spacial score (nSPS) is 13.7. The van der Waals surface area contributed by atoms with Crippen LogP contribution in [0.4, 0.5) is 0 Å². The molecule has 0 saturated heterocycles. The van der Waals surface area contributed by atoms with Crippen LogP contribution in [-0.2, 0) is 28.3 Å². The van der Waals surface area contributed by atoms with Crippen molar-refractivity contribution in [3.63, 3.8) is 0 Å². The maximum absolute atomic E-state index is 12.1. The number of nitrogens with two attached hydrogens (primary N) is 1. The van der Waals surface area contributed by atoms with Crippen molar-refractivity contribution in [2.45, 2.75) is 44.8 Å². The number of oxime groups is 1. The van der Waals surface area contributed by atoms with Crippen LogP contribution in [0.5, 0.6) is 0 Å². The standard InChI is InChI=1S/C28H38N2O6Si/c1-28(2,3)37(6,7)35-19-22(26(29)30-36-23(27(32)34-5)18-24(31)33-4)25(20-14-10-8-11-15-20)21-16-12-9-13-17-21/h8-18,22,25H,19H2,1-7H3,(H2,29,30). The first kappa shape index (κ1) is 29.8. The fourth-order valence-corrected chi connectivity index (χ4v) is 4.43. The molecule has 200 valence electrons. The van der Waals surface area contributed by atoms with Crippen LogP contribution < -0.4 is 5.73 Å². The van der Waals surface area contributed by atoms with Crippen LogP contribution in [0.25, 0.3) is 0 Å². The van der Waals surface area contributed by atoms with Gasteiger partial charge in [-0.3, -0.25) is 0 Å². The van der Waals surface area contributed by atoms with Gasteiger partial charge in [-0.2, -0.15) is 0 Å². The van der Waals surface area contributed by atoms with Gasteiger partial charge in [0.1, 0.15) is 5.84 Å². The largest absolute Gasteiger partial charge is 0.466 e. The topological polar surface area (TPSA) is 109 Å². The summed E-state index contributed by atoms with van der Waals surface area (Å²) in [5.74, 6) is -2.69. The summed E-state index contributed by atoms with van der Waals surface area (Å²) >= 11 is 0. The average Bonchev–Trinajstić information content (AvgIpc) is 2.88. The van der Waals surface area contributed by atoms with Crippen molar-refractivity contribution in [2.24, 2.45) is 16.8 Å². The molecule has 0 aliphatic heterocycles. The minimum absolute atomic E-state index is 0.0176. The van der Waals surface area contributed by atoms with E-state index in [9.17, 15) is 9.59 Å². The summed E-state index contributed by atoms with van der Waals surface area (Å²) in [5, 5.41) is 4.05. The number of methoxy groups -OCH3 is 2. The maximum atomic E-state index is 12.1. The highest BCUT2D eigenvalue weighted by molar-refractivity contribution is 6.74. The first-order valence-corrected chi connectivity index (χ1v) is 14.9. The van der Waals surface area contributed by atoms with Gasteiger partial charge in [0.15, 0.2) is 8.32 Å². The van der Waals surface area contributed by atoms with Crippen molar-refractivity contribution in [2.75, 3.05) is 20.8 Å². The molecule has 0 saturated carbocycles. The lowest BCUT2D eigenvalue weighted by atomic mass is 9.80. The Morgan fingerprint density at radius 2 is 1.46 bits per heavy atom. The third kappa shape index (κ3) is 8.29. The molecular weight excluding hydrogens is 488 g/mol. The maximum Gasteiger partial charge on any atom is 0.377 e. The number of hydrogen-bond acceptors (Lipinski definition) is 7. The van der Waals surface area contributed by atoms with E-state index in [2.05, 4.69) is 43.8 Å². The van der Waals surface area contributed by atoms with Gasteiger partial charge in [0, 0.05) is 12.5 Å². The van der Waals surface area contributed by atoms with Gasteiger partial charge in [-0.05, 0) is 29.3 Å². The number of amidine groups is 1. The van der Waals surface area contributed by atoms with Gasteiger partial charge in [0.2, 0.25) is 5.76 Å². The Labute approximate surface area is 220 Å². The molecule has 0 heterocycles. The SMILES string of the molecule is COC(=O)C=C(O/N=C(\N)C(CO[Si](C)(C)C(C)(C)C)C(c1ccccc1)c1ccccc1)C(=O)OC. The second kappa shape index (κ2) is 13.2. The zero-order valence-electron chi connectivity index (χ0n) is 22.7. The van der Waals surface area contributed by atoms with Crippen LogP contribution in [0, 0.1) is 5.92 Å². The van der Waals surface area contributed by atoms with Gasteiger partial charge in [0.25, 0.3) is 0 Å². The minimum Gasteiger partial charge on any atom is -0.466 e. The summed E-state index contributed by atoms with van der Waals surface area (Å²) < 4.78 is 15.9. The Kier molecular flexibility index (Phi) is 10.6. The molecule has 0 radical (unpaired) electrons. The monoisotopic (exact) mass is 526 g/mol. The van der Waals surface area contributed by atoms with Crippen LogP contribution in [0.2, 0.25) is 18.1 Å². The fraction of sp³-hybridized carbons (Fsp3) is 0.393. The van der Waals surface area contributed by atoms with Gasteiger partial charge < -0.3 is 24.5 Å². The number of rotatable bonds is 11. The second-order valence-electron chi connectivity index (χ2n) is 10.1. The molecule has 9 heteroatoms. The van der Waals surface area contributed by atoms with Crippen LogP contribution >= 0.6 is 0 Å². The van der Waals surface area contributed by atoms with Crippen LogP contribution in [-0.4, -0.2) is 46.9 Å². The van der Waals surface area contributed by atoms with E-state index in [0.29, 0.717) is 0 Å². The van der Waals surface area contributed by atoms with Crippen molar-refractivity contribution in [1.82, 2.24) is 0 Å². The third-order valence-electron chi connectivity index (χ3n) is 6.62. The molecule has 0 aliphatic carbocycles. The first-order valence-electron chi connectivity index (χ1n) is 12.0. The number of esters is 2. The van der Waals surface area contributed by atoms with E-state index in [1.807, 2.05) is 60.7 Å². The number of ether oxygens (including phenoxy) is 2. The highest BCUT2D eigenvalue weighted by Gasteiger charge is 2.39. The number of benzene rings is 2. The third-order valence-corrected chi connectivity index (χ3v) is 11.1. The highest BCUT2D eigenvalue weighted by Crippen LogP contribution is 2.39. The van der Waals surface area contributed by atoms with Gasteiger partial charge in [-0.15, -0.1) is 0 Å². The zero-order chi connectivity index (χ0) is 27.6. The van der Waals surface area contributed by atoms with Crippen LogP contribution in [0.1, 0.15) is 37.8 Å². The molecule has 1 atom stereocenters. The first-order chi connectivity index (χ1) is 17.4. The molecule has 2 aromatic carbocycles. The van der Waals surface area contributed by atoms with Crippen LogP contribution in [0.3, 0.4) is 0 Å². The zero-order valence-corrected chi connectivity index (χ0v) is 23.7. The van der Waals surface area contributed by atoms with Crippen molar-refractivity contribution >= 4 is 26.1 Å². The predicted molar refractivity (Wildman–Crippen MR) is 146 cm³/mol. The lowest BCUT2D eigenvalue weighted by Crippen LogP contribution is -2.44. The predicted octanol–water partition coefficient (Wildman–Crippen LogP) is 4.98. The Bertz CT molecular complexity index is 1060. The van der Waals surface area contributed by atoms with E-state index in [1.165, 1.54) is 14.2 Å². The van der Waals surface area contributed by atoms with Crippen molar-refractivity contribution in [1.29, 1.82) is 0 Å². The molecule has 0 aliphatic rings. The Morgan fingerprint density at radius 3 is 1.89 bits per heavy atom. The molecule has 0 bridgehead atoms. The average molecular weight is 527 g/mol. The number of hydrogen-bond donors (Lipinski definition) is 1. The molecule has 2 rings (SSSR count). The van der Waals surface area contributed by atoms with Gasteiger partial charge in [-0.25, -0.2) is 9.59 Å². The van der Waals surface area contributed by atoms with Crippen molar-refractivity contribution in [3.05, 3.63) is 83.6 Å². The summed E-state index contributed by atoms with van der Waals surface area (Å²) in [6, 6.07) is 19.9. The van der Waals surface area contributed by atoms with E-state index in [1.54, 1.807) is 0 Å². The quantitative estimate of drug-likeness (QED) is 0.0837. The molecule has 8 nitrogen and oxygen atoms in total. The summed E-state index contributed by atoms with van der Waals surface area (Å²) in [6.07, 6.45) is 0.857. The van der Waals surface area contributed by atoms with E-state index >= 15 is 0 Å². The minimum atomic E-state index is -2.15. The second-order valence-corrected chi connectivity index (χ2v) is 14.9. The van der Waals surface area contributed by atoms with Crippen molar-refractivity contribution in [3.8, 4) is 0 Å². The van der Waals surface area contributed by atoms with Crippen LogP contribution in [0.15, 0.2) is 77.7 Å². The molecule has 1 unspecified atom stereocenters. The molecule has 2 N–H and O–H groups in total. The van der Waals surface area contributed by atoms with Gasteiger partial charge in [-0.1, -0.05) is 86.6 Å². The summed E-state index contributed by atoms with van der Waals surface area (Å²) in [6.45, 7) is 11.1. The van der Waals surface area contributed by atoms with Crippen molar-refractivity contribution < 1.29 is 28.3 Å². The van der Waals surface area contributed by atoms with E-state index < -0.39 is 31.9 Å². The number of carbonyl (C=O) groups is 2. The number of carbonyl (C=O) groups excluding carboxylic acids is 2. The Balaban J connectivity index is 2.57. The Morgan fingerprint density at radius 1 is 0.946 bits per heavy atom. The molecule has 0 spiro atoms. The molecule has 0 fully saturated rings. The van der Waals surface area contributed by atoms with E-state index in [-0.39, 0.29) is 23.4 Å². The van der Waals surface area contributed by atoms with E-state index in [0.717, 1.165) is 17.2 Å². The molecule has 37 heavy (non-hydrogen) atoms. The molecule has 2 aromatic rings. The summed E-state index contributed by atoms with van der Waals surface area (Å²) in [7, 11) is 0.197. The molecule has 0 aromatic heterocycles. The molecular formula is C28H38N2O6Si. The lowest BCUT2D eigenvalue weighted by Gasteiger charge is -2.38.